The number of hydrogen-bond acceptors (Lipinski definition) is 4. The normalized spacial score (nSPS) is 23.4. The van der Waals surface area contributed by atoms with Crippen LogP contribution in [0.5, 0.6) is 0 Å². The second-order valence-corrected chi connectivity index (χ2v) is 4.72. The summed E-state index contributed by atoms with van der Waals surface area (Å²) in [7, 11) is 1.63. The molecule has 1 heterocycles. The molecule has 0 saturated carbocycles. The van der Waals surface area contributed by atoms with E-state index in [0.717, 1.165) is 6.42 Å². The number of hydrogen-bond donors (Lipinski definition) is 1. The highest BCUT2D eigenvalue weighted by molar-refractivity contribution is 5.74. The van der Waals surface area contributed by atoms with Crippen LogP contribution in [0.2, 0.25) is 0 Å². The molecule has 0 bridgehead atoms. The van der Waals surface area contributed by atoms with Crippen LogP contribution >= 0.6 is 0 Å². The first-order chi connectivity index (χ1) is 9.17. The van der Waals surface area contributed by atoms with Gasteiger partial charge in [0.1, 0.15) is 0 Å². The molecule has 0 aliphatic carbocycles. The molecule has 0 aromatic carbocycles. The van der Waals surface area contributed by atoms with Gasteiger partial charge >= 0.3 is 6.03 Å². The van der Waals surface area contributed by atoms with Crippen molar-refractivity contribution in [1.29, 1.82) is 0 Å². The van der Waals surface area contributed by atoms with Crippen molar-refractivity contribution in [3.05, 3.63) is 0 Å². The van der Waals surface area contributed by atoms with Crippen LogP contribution in [-0.2, 0) is 14.2 Å². The zero-order chi connectivity index (χ0) is 14.1. The van der Waals surface area contributed by atoms with E-state index in [4.69, 9.17) is 14.2 Å². The van der Waals surface area contributed by atoms with Gasteiger partial charge in [-0.15, -0.1) is 0 Å². The molecule has 1 aliphatic heterocycles. The predicted molar refractivity (Wildman–Crippen MR) is 72.3 cm³/mol. The molecule has 1 saturated heterocycles. The highest BCUT2D eigenvalue weighted by atomic mass is 16.5. The first-order valence-electron chi connectivity index (χ1n) is 6.92. The lowest BCUT2D eigenvalue weighted by atomic mass is 10.2. The summed E-state index contributed by atoms with van der Waals surface area (Å²) in [6, 6.07) is -0.0380. The van der Waals surface area contributed by atoms with Gasteiger partial charge in [0.05, 0.1) is 32.0 Å². The zero-order valence-corrected chi connectivity index (χ0v) is 12.2. The van der Waals surface area contributed by atoms with Crippen molar-refractivity contribution >= 4 is 6.03 Å². The fourth-order valence-electron chi connectivity index (χ4n) is 2.02. The van der Waals surface area contributed by atoms with Crippen LogP contribution in [0.4, 0.5) is 4.79 Å². The number of nitrogens with one attached hydrogen (secondary N) is 1. The molecule has 1 rings (SSSR count). The van der Waals surface area contributed by atoms with E-state index in [1.807, 2.05) is 11.8 Å². The number of amides is 2. The van der Waals surface area contributed by atoms with E-state index in [9.17, 15) is 4.79 Å². The summed E-state index contributed by atoms with van der Waals surface area (Å²) >= 11 is 0. The van der Waals surface area contributed by atoms with Crippen LogP contribution in [-0.4, -0.2) is 69.7 Å². The van der Waals surface area contributed by atoms with Gasteiger partial charge in [0.25, 0.3) is 0 Å². The smallest absolute Gasteiger partial charge is 0.317 e. The molecule has 6 heteroatoms. The molecule has 112 valence electrons. The van der Waals surface area contributed by atoms with Crippen molar-refractivity contribution in [3.63, 3.8) is 0 Å². The molecule has 1 N–H and O–H groups in total. The topological polar surface area (TPSA) is 60.0 Å². The summed E-state index contributed by atoms with van der Waals surface area (Å²) in [4.78, 5) is 13.8. The third kappa shape index (κ3) is 6.22. The minimum absolute atomic E-state index is 0.0380. The second-order valence-electron chi connectivity index (χ2n) is 4.72. The Bertz CT molecular complexity index is 263. The molecular formula is C13H26N2O4. The number of ether oxygens (including phenoxy) is 3. The Balaban J connectivity index is 2.17. The third-order valence-electron chi connectivity index (χ3n) is 3.02. The molecule has 1 aliphatic rings. The Labute approximate surface area is 115 Å². The van der Waals surface area contributed by atoms with E-state index >= 15 is 0 Å². The number of urea groups is 1. The summed E-state index contributed by atoms with van der Waals surface area (Å²) in [5.74, 6) is 0. The Morgan fingerprint density at radius 1 is 1.37 bits per heavy atom. The minimum Gasteiger partial charge on any atom is -0.382 e. The maximum atomic E-state index is 12.0. The van der Waals surface area contributed by atoms with E-state index in [0.29, 0.717) is 39.5 Å². The van der Waals surface area contributed by atoms with Crippen molar-refractivity contribution in [2.45, 2.75) is 32.5 Å². The lowest BCUT2D eigenvalue weighted by Crippen LogP contribution is -2.52. The predicted octanol–water partition coefficient (Wildman–Crippen LogP) is 0.858. The van der Waals surface area contributed by atoms with Crippen molar-refractivity contribution in [2.24, 2.45) is 0 Å². The Kier molecular flexibility index (Phi) is 7.78. The molecule has 6 nitrogen and oxygen atoms in total. The van der Waals surface area contributed by atoms with Gasteiger partial charge in [0.2, 0.25) is 0 Å². The standard InChI is InChI=1S/C13H26N2O4/c1-4-12-10-15(9-11(2)19-12)13(16)14-5-6-18-8-7-17-3/h11-12H,4-10H2,1-3H3,(H,14,16)/t11-,12+/m0/s1. The van der Waals surface area contributed by atoms with Crippen molar-refractivity contribution in [3.8, 4) is 0 Å². The minimum atomic E-state index is -0.0380. The number of carbonyl (C=O) groups excluding carboxylic acids is 1. The summed E-state index contributed by atoms with van der Waals surface area (Å²) < 4.78 is 15.9. The Hall–Kier alpha value is -0.850. The Morgan fingerprint density at radius 2 is 2.16 bits per heavy atom. The fraction of sp³-hybridized carbons (Fsp3) is 0.923. The molecule has 19 heavy (non-hydrogen) atoms. The average molecular weight is 274 g/mol. The maximum Gasteiger partial charge on any atom is 0.317 e. The van der Waals surface area contributed by atoms with Crippen LogP contribution in [0.3, 0.4) is 0 Å². The van der Waals surface area contributed by atoms with E-state index in [1.54, 1.807) is 7.11 Å². The molecule has 2 atom stereocenters. The molecular weight excluding hydrogens is 248 g/mol. The molecule has 0 radical (unpaired) electrons. The Morgan fingerprint density at radius 3 is 2.84 bits per heavy atom. The molecule has 0 spiro atoms. The highest BCUT2D eigenvalue weighted by Gasteiger charge is 2.26. The van der Waals surface area contributed by atoms with E-state index in [-0.39, 0.29) is 18.2 Å². The molecule has 1 fully saturated rings. The van der Waals surface area contributed by atoms with Crippen molar-refractivity contribution in [1.82, 2.24) is 10.2 Å². The second kappa shape index (κ2) is 9.12. The lowest BCUT2D eigenvalue weighted by Gasteiger charge is -2.36. The molecule has 0 unspecified atom stereocenters. The maximum absolute atomic E-state index is 12.0. The number of rotatable bonds is 7. The van der Waals surface area contributed by atoms with Crippen LogP contribution in [0, 0.1) is 0 Å². The third-order valence-corrected chi connectivity index (χ3v) is 3.02. The summed E-state index contributed by atoms with van der Waals surface area (Å²) in [6.07, 6.45) is 1.17. The van der Waals surface area contributed by atoms with Crippen molar-refractivity contribution < 1.29 is 19.0 Å². The number of carbonyl (C=O) groups is 1. The first-order valence-corrected chi connectivity index (χ1v) is 6.92. The number of nitrogens with zero attached hydrogens (tertiary/aromatic N) is 1. The van der Waals surface area contributed by atoms with Crippen LogP contribution in [0.15, 0.2) is 0 Å². The van der Waals surface area contributed by atoms with Gasteiger partial charge in [0.15, 0.2) is 0 Å². The van der Waals surface area contributed by atoms with Gasteiger partial charge in [-0.1, -0.05) is 6.92 Å². The highest BCUT2D eigenvalue weighted by Crippen LogP contribution is 2.13. The molecule has 0 aromatic heterocycles. The lowest BCUT2D eigenvalue weighted by molar-refractivity contribution is -0.0647. The van der Waals surface area contributed by atoms with Gasteiger partial charge < -0.3 is 24.4 Å². The van der Waals surface area contributed by atoms with Gasteiger partial charge in [-0.25, -0.2) is 4.79 Å². The molecule has 0 aromatic rings. The number of morpholine rings is 1. The largest absolute Gasteiger partial charge is 0.382 e. The van der Waals surface area contributed by atoms with Crippen LogP contribution in [0.1, 0.15) is 20.3 Å². The summed E-state index contributed by atoms with van der Waals surface area (Å²) in [6.45, 7) is 7.53. The summed E-state index contributed by atoms with van der Waals surface area (Å²) in [5, 5.41) is 2.86. The van der Waals surface area contributed by atoms with Crippen molar-refractivity contribution in [2.75, 3.05) is 46.6 Å². The van der Waals surface area contributed by atoms with Gasteiger partial charge in [-0.2, -0.15) is 0 Å². The SMILES string of the molecule is CC[C@@H]1CN(C(=O)NCCOCCOC)C[C@H](C)O1. The number of methoxy groups -OCH3 is 1. The average Bonchev–Trinajstić information content (AvgIpc) is 2.41. The van der Waals surface area contributed by atoms with E-state index in [2.05, 4.69) is 12.2 Å². The van der Waals surface area contributed by atoms with Gasteiger partial charge in [-0.3, -0.25) is 0 Å². The molecule has 2 amide bonds. The van der Waals surface area contributed by atoms with E-state index < -0.39 is 0 Å². The van der Waals surface area contributed by atoms with Gasteiger partial charge in [-0.05, 0) is 13.3 Å². The monoisotopic (exact) mass is 274 g/mol. The fourth-order valence-corrected chi connectivity index (χ4v) is 2.02. The zero-order valence-electron chi connectivity index (χ0n) is 12.2. The van der Waals surface area contributed by atoms with E-state index in [1.165, 1.54) is 0 Å². The quantitative estimate of drug-likeness (QED) is 0.700. The summed E-state index contributed by atoms with van der Waals surface area (Å²) in [5.41, 5.74) is 0. The van der Waals surface area contributed by atoms with Crippen LogP contribution in [0.25, 0.3) is 0 Å². The van der Waals surface area contributed by atoms with Gasteiger partial charge in [0, 0.05) is 26.7 Å². The first kappa shape index (κ1) is 16.2. The van der Waals surface area contributed by atoms with Crippen LogP contribution < -0.4 is 5.32 Å².